The molecule has 0 saturated carbocycles. The standard InChI is InChI=1S/C15H19ClF3N3O2/c1-24-9-4-20-14(23)22-7-5-21(6-8-22)13-3-2-11(16)10-12(13)15(17,18)19/h2-3,10H,4-9H2,1H3,(H,20,23). The zero-order valence-corrected chi connectivity index (χ0v) is 14.0. The van der Waals surface area contributed by atoms with E-state index in [0.29, 0.717) is 39.3 Å². The molecule has 1 N–H and O–H groups in total. The normalized spacial score (nSPS) is 15.5. The number of urea groups is 1. The lowest BCUT2D eigenvalue weighted by Crippen LogP contribution is -2.52. The first kappa shape index (κ1) is 18.7. The van der Waals surface area contributed by atoms with E-state index in [0.717, 1.165) is 6.07 Å². The number of nitrogens with one attached hydrogen (secondary N) is 1. The van der Waals surface area contributed by atoms with Crippen molar-refractivity contribution in [1.82, 2.24) is 10.2 Å². The van der Waals surface area contributed by atoms with Gasteiger partial charge in [0, 0.05) is 50.5 Å². The fraction of sp³-hybridized carbons (Fsp3) is 0.533. The fourth-order valence-corrected chi connectivity index (χ4v) is 2.71. The Morgan fingerprint density at radius 2 is 1.96 bits per heavy atom. The molecule has 0 aromatic heterocycles. The first-order chi connectivity index (χ1) is 11.3. The number of rotatable bonds is 4. The van der Waals surface area contributed by atoms with Crippen molar-refractivity contribution in [3.63, 3.8) is 0 Å². The van der Waals surface area contributed by atoms with Gasteiger partial charge < -0.3 is 19.9 Å². The quantitative estimate of drug-likeness (QED) is 0.834. The highest BCUT2D eigenvalue weighted by atomic mass is 35.5. The number of methoxy groups -OCH3 is 1. The van der Waals surface area contributed by atoms with E-state index in [4.69, 9.17) is 16.3 Å². The summed E-state index contributed by atoms with van der Waals surface area (Å²) in [6.07, 6.45) is -4.48. The molecule has 1 aliphatic heterocycles. The Balaban J connectivity index is 2.01. The van der Waals surface area contributed by atoms with Crippen LogP contribution in [0, 0.1) is 0 Å². The highest BCUT2D eigenvalue weighted by Crippen LogP contribution is 2.38. The maximum atomic E-state index is 13.2. The lowest BCUT2D eigenvalue weighted by Gasteiger charge is -2.37. The van der Waals surface area contributed by atoms with Gasteiger partial charge in [0.1, 0.15) is 0 Å². The van der Waals surface area contributed by atoms with Crippen molar-refractivity contribution in [1.29, 1.82) is 0 Å². The van der Waals surface area contributed by atoms with Crippen LogP contribution in [0.2, 0.25) is 5.02 Å². The first-order valence-electron chi connectivity index (χ1n) is 7.46. The molecular weight excluding hydrogens is 347 g/mol. The van der Waals surface area contributed by atoms with Crippen molar-refractivity contribution in [2.45, 2.75) is 6.18 Å². The van der Waals surface area contributed by atoms with Gasteiger partial charge in [-0.3, -0.25) is 0 Å². The largest absolute Gasteiger partial charge is 0.418 e. The van der Waals surface area contributed by atoms with Crippen molar-refractivity contribution in [3.05, 3.63) is 28.8 Å². The summed E-state index contributed by atoms with van der Waals surface area (Å²) in [5, 5.41) is 2.74. The van der Waals surface area contributed by atoms with Crippen LogP contribution >= 0.6 is 11.6 Å². The van der Waals surface area contributed by atoms with Crippen LogP contribution in [-0.4, -0.2) is 57.4 Å². The van der Waals surface area contributed by atoms with Crippen molar-refractivity contribution in [2.24, 2.45) is 0 Å². The Hall–Kier alpha value is -1.67. The molecule has 0 radical (unpaired) electrons. The topological polar surface area (TPSA) is 44.8 Å². The Morgan fingerprint density at radius 1 is 1.29 bits per heavy atom. The second kappa shape index (κ2) is 7.94. The van der Waals surface area contributed by atoms with Gasteiger partial charge >= 0.3 is 12.2 Å². The SMILES string of the molecule is COCCNC(=O)N1CCN(c2ccc(Cl)cc2C(F)(F)F)CC1. The van der Waals surface area contributed by atoms with Gasteiger partial charge in [0.25, 0.3) is 0 Å². The summed E-state index contributed by atoms with van der Waals surface area (Å²) in [5.74, 6) is 0. The molecule has 2 amide bonds. The average molecular weight is 366 g/mol. The van der Waals surface area contributed by atoms with Gasteiger partial charge in [-0.2, -0.15) is 13.2 Å². The molecule has 1 saturated heterocycles. The second-order valence-electron chi connectivity index (χ2n) is 5.36. The van der Waals surface area contributed by atoms with E-state index in [2.05, 4.69) is 5.32 Å². The number of hydrogen-bond donors (Lipinski definition) is 1. The molecule has 0 aliphatic carbocycles. The highest BCUT2D eigenvalue weighted by molar-refractivity contribution is 6.30. The molecule has 1 aromatic rings. The number of carbonyl (C=O) groups excluding carboxylic acids is 1. The third kappa shape index (κ3) is 4.67. The zero-order chi connectivity index (χ0) is 17.7. The number of hydrogen-bond acceptors (Lipinski definition) is 3. The zero-order valence-electron chi connectivity index (χ0n) is 13.2. The van der Waals surface area contributed by atoms with E-state index in [1.165, 1.54) is 19.2 Å². The summed E-state index contributed by atoms with van der Waals surface area (Å²) in [6, 6.07) is 3.51. The average Bonchev–Trinajstić information content (AvgIpc) is 2.54. The van der Waals surface area contributed by atoms with Crippen LogP contribution in [0.5, 0.6) is 0 Å². The van der Waals surface area contributed by atoms with Crippen LogP contribution in [0.15, 0.2) is 18.2 Å². The molecule has 1 heterocycles. The van der Waals surface area contributed by atoms with Gasteiger partial charge in [-0.25, -0.2) is 4.79 Å². The lowest BCUT2D eigenvalue weighted by atomic mass is 10.1. The highest BCUT2D eigenvalue weighted by Gasteiger charge is 2.36. The molecule has 0 spiro atoms. The van der Waals surface area contributed by atoms with Gasteiger partial charge in [-0.1, -0.05) is 11.6 Å². The molecule has 1 aliphatic rings. The number of benzene rings is 1. The Kier molecular flexibility index (Phi) is 6.17. The van der Waals surface area contributed by atoms with Crippen LogP contribution in [0.1, 0.15) is 5.56 Å². The third-order valence-electron chi connectivity index (χ3n) is 3.75. The van der Waals surface area contributed by atoms with Crippen molar-refractivity contribution in [2.75, 3.05) is 51.3 Å². The van der Waals surface area contributed by atoms with E-state index in [1.807, 2.05) is 0 Å². The smallest absolute Gasteiger partial charge is 0.383 e. The van der Waals surface area contributed by atoms with Crippen LogP contribution in [-0.2, 0) is 10.9 Å². The van der Waals surface area contributed by atoms with Crippen molar-refractivity contribution in [3.8, 4) is 0 Å². The molecular formula is C15H19ClF3N3O2. The predicted molar refractivity (Wildman–Crippen MR) is 85.5 cm³/mol. The minimum absolute atomic E-state index is 0.0437. The van der Waals surface area contributed by atoms with E-state index >= 15 is 0 Å². The first-order valence-corrected chi connectivity index (χ1v) is 7.84. The lowest BCUT2D eigenvalue weighted by molar-refractivity contribution is -0.137. The Labute approximate surface area is 143 Å². The number of alkyl halides is 3. The molecule has 0 atom stereocenters. The molecule has 0 bridgehead atoms. The van der Waals surface area contributed by atoms with Gasteiger partial charge in [0.05, 0.1) is 12.2 Å². The van der Waals surface area contributed by atoms with Gasteiger partial charge in [-0.15, -0.1) is 0 Å². The predicted octanol–water partition coefficient (Wildman–Crippen LogP) is 2.84. The number of piperazine rings is 1. The molecule has 9 heteroatoms. The van der Waals surface area contributed by atoms with E-state index in [9.17, 15) is 18.0 Å². The number of halogens is 4. The van der Waals surface area contributed by atoms with Crippen LogP contribution in [0.4, 0.5) is 23.7 Å². The molecule has 5 nitrogen and oxygen atoms in total. The van der Waals surface area contributed by atoms with Gasteiger partial charge in [0.2, 0.25) is 0 Å². The minimum atomic E-state index is -4.48. The molecule has 1 aromatic carbocycles. The van der Waals surface area contributed by atoms with Crippen LogP contribution in [0.25, 0.3) is 0 Å². The molecule has 2 rings (SSSR count). The minimum Gasteiger partial charge on any atom is -0.383 e. The molecule has 24 heavy (non-hydrogen) atoms. The van der Waals surface area contributed by atoms with E-state index < -0.39 is 11.7 Å². The Morgan fingerprint density at radius 3 is 2.54 bits per heavy atom. The number of carbonyl (C=O) groups is 1. The summed E-state index contributed by atoms with van der Waals surface area (Å²) in [6.45, 7) is 2.14. The second-order valence-corrected chi connectivity index (χ2v) is 5.79. The summed E-state index contributed by atoms with van der Waals surface area (Å²) < 4.78 is 44.4. The summed E-state index contributed by atoms with van der Waals surface area (Å²) in [4.78, 5) is 15.1. The summed E-state index contributed by atoms with van der Waals surface area (Å²) in [5.41, 5.74) is -0.667. The molecule has 134 valence electrons. The monoisotopic (exact) mass is 365 g/mol. The molecule has 0 unspecified atom stereocenters. The number of anilines is 1. The fourth-order valence-electron chi connectivity index (χ4n) is 2.53. The summed E-state index contributed by atoms with van der Waals surface area (Å²) in [7, 11) is 1.54. The van der Waals surface area contributed by atoms with Gasteiger partial charge in [-0.05, 0) is 18.2 Å². The van der Waals surface area contributed by atoms with Crippen molar-refractivity contribution >= 4 is 23.3 Å². The third-order valence-corrected chi connectivity index (χ3v) is 3.99. The summed E-state index contributed by atoms with van der Waals surface area (Å²) >= 11 is 5.70. The van der Waals surface area contributed by atoms with E-state index in [1.54, 1.807) is 9.80 Å². The molecule has 1 fully saturated rings. The van der Waals surface area contributed by atoms with E-state index in [-0.39, 0.29) is 16.7 Å². The Bertz CT molecular complexity index is 576. The van der Waals surface area contributed by atoms with Crippen LogP contribution in [0.3, 0.4) is 0 Å². The van der Waals surface area contributed by atoms with Crippen LogP contribution < -0.4 is 10.2 Å². The maximum Gasteiger partial charge on any atom is 0.418 e. The number of amides is 2. The number of nitrogens with zero attached hydrogens (tertiary/aromatic N) is 2. The van der Waals surface area contributed by atoms with Gasteiger partial charge in [0.15, 0.2) is 0 Å². The number of ether oxygens (including phenoxy) is 1. The van der Waals surface area contributed by atoms with Crippen molar-refractivity contribution < 1.29 is 22.7 Å². The maximum absolute atomic E-state index is 13.2.